The van der Waals surface area contributed by atoms with E-state index in [9.17, 15) is 14.0 Å². The number of hydrogen-bond acceptors (Lipinski definition) is 3. The highest BCUT2D eigenvalue weighted by Crippen LogP contribution is 2.16. The Kier molecular flexibility index (Phi) is 10.2. The Morgan fingerprint density at radius 1 is 1.06 bits per heavy atom. The molecule has 32 heavy (non-hydrogen) atoms. The molecule has 2 rings (SSSR count). The minimum atomic E-state index is -0.579. The Hall–Kier alpha value is -2.89. The summed E-state index contributed by atoms with van der Waals surface area (Å²) < 4.78 is 19.1. The Bertz CT molecular complexity index is 850. The first kappa shape index (κ1) is 25.4. The molecule has 2 aromatic rings. The fraction of sp³-hybridized carbons (Fsp3) is 0.462. The van der Waals surface area contributed by atoms with E-state index in [0.29, 0.717) is 31.9 Å². The molecule has 0 unspecified atom stereocenters. The van der Waals surface area contributed by atoms with Gasteiger partial charge in [0.2, 0.25) is 11.8 Å². The summed E-state index contributed by atoms with van der Waals surface area (Å²) in [6, 6.07) is 13.2. The standard InChI is InChI=1S/C26H35FN2O3/c1-5-24(26(31)28-17-19(2)3)29(18-21-10-12-22(27)13-11-21)25(30)7-6-16-32-23-14-8-20(4)9-15-23/h8-15,19,24H,5-7,16-18H2,1-4H3,(H,28,31)/t24-/m1/s1. The number of amides is 2. The summed E-state index contributed by atoms with van der Waals surface area (Å²) >= 11 is 0. The average Bonchev–Trinajstić information content (AvgIpc) is 2.77. The lowest BCUT2D eigenvalue weighted by molar-refractivity contribution is -0.141. The molecule has 2 aromatic carbocycles. The van der Waals surface area contributed by atoms with Crippen LogP contribution in [-0.2, 0) is 16.1 Å². The van der Waals surface area contributed by atoms with E-state index in [1.165, 1.54) is 12.1 Å². The van der Waals surface area contributed by atoms with Crippen molar-refractivity contribution in [3.63, 3.8) is 0 Å². The van der Waals surface area contributed by atoms with Gasteiger partial charge in [-0.2, -0.15) is 0 Å². The normalized spacial score (nSPS) is 11.8. The molecule has 0 fully saturated rings. The summed E-state index contributed by atoms with van der Waals surface area (Å²) in [5, 5.41) is 2.94. The van der Waals surface area contributed by atoms with Crippen LogP contribution in [0.15, 0.2) is 48.5 Å². The second kappa shape index (κ2) is 12.8. The summed E-state index contributed by atoms with van der Waals surface area (Å²) in [5.74, 6) is 0.477. The van der Waals surface area contributed by atoms with Crippen molar-refractivity contribution < 1.29 is 18.7 Å². The smallest absolute Gasteiger partial charge is 0.242 e. The summed E-state index contributed by atoms with van der Waals surface area (Å²) in [4.78, 5) is 27.6. The van der Waals surface area contributed by atoms with Crippen LogP contribution in [0.3, 0.4) is 0 Å². The second-order valence-electron chi connectivity index (χ2n) is 8.48. The first-order chi connectivity index (χ1) is 15.3. The molecule has 5 nitrogen and oxygen atoms in total. The Balaban J connectivity index is 2.03. The molecule has 0 bridgehead atoms. The highest BCUT2D eigenvalue weighted by atomic mass is 19.1. The highest BCUT2D eigenvalue weighted by Gasteiger charge is 2.28. The molecular formula is C26H35FN2O3. The number of nitrogens with one attached hydrogen (secondary N) is 1. The van der Waals surface area contributed by atoms with Crippen molar-refractivity contribution in [2.24, 2.45) is 5.92 Å². The van der Waals surface area contributed by atoms with Crippen LogP contribution in [0.1, 0.15) is 51.2 Å². The van der Waals surface area contributed by atoms with Gasteiger partial charge in [-0.3, -0.25) is 9.59 Å². The monoisotopic (exact) mass is 442 g/mol. The number of halogens is 1. The van der Waals surface area contributed by atoms with Gasteiger partial charge in [-0.15, -0.1) is 0 Å². The maximum atomic E-state index is 13.3. The number of nitrogens with zero attached hydrogens (tertiary/aromatic N) is 1. The molecule has 1 N–H and O–H groups in total. The number of aryl methyl sites for hydroxylation is 1. The van der Waals surface area contributed by atoms with Crippen molar-refractivity contribution in [2.75, 3.05) is 13.2 Å². The third-order valence-corrected chi connectivity index (χ3v) is 5.16. The lowest BCUT2D eigenvalue weighted by Crippen LogP contribution is -2.49. The van der Waals surface area contributed by atoms with E-state index >= 15 is 0 Å². The molecule has 0 aliphatic rings. The molecule has 174 valence electrons. The fourth-order valence-corrected chi connectivity index (χ4v) is 3.32. The van der Waals surface area contributed by atoms with Crippen LogP contribution in [0.25, 0.3) is 0 Å². The fourth-order valence-electron chi connectivity index (χ4n) is 3.32. The topological polar surface area (TPSA) is 58.6 Å². The summed E-state index contributed by atoms with van der Waals surface area (Å²) in [5.41, 5.74) is 1.94. The van der Waals surface area contributed by atoms with Gasteiger partial charge in [0.15, 0.2) is 0 Å². The molecule has 0 saturated carbocycles. The van der Waals surface area contributed by atoms with Crippen molar-refractivity contribution in [3.8, 4) is 5.75 Å². The van der Waals surface area contributed by atoms with Crippen LogP contribution in [-0.4, -0.2) is 35.9 Å². The Morgan fingerprint density at radius 2 is 1.72 bits per heavy atom. The molecule has 0 heterocycles. The molecule has 0 spiro atoms. The number of hydrogen-bond donors (Lipinski definition) is 1. The predicted molar refractivity (Wildman–Crippen MR) is 125 cm³/mol. The minimum absolute atomic E-state index is 0.117. The van der Waals surface area contributed by atoms with Crippen molar-refractivity contribution in [1.29, 1.82) is 0 Å². The molecule has 0 saturated heterocycles. The molecule has 6 heteroatoms. The lowest BCUT2D eigenvalue weighted by atomic mass is 10.1. The van der Waals surface area contributed by atoms with Crippen LogP contribution in [0, 0.1) is 18.7 Å². The predicted octanol–water partition coefficient (Wildman–Crippen LogP) is 4.87. The highest BCUT2D eigenvalue weighted by molar-refractivity contribution is 5.87. The third-order valence-electron chi connectivity index (χ3n) is 5.16. The maximum absolute atomic E-state index is 13.3. The first-order valence-corrected chi connectivity index (χ1v) is 11.3. The zero-order valence-corrected chi connectivity index (χ0v) is 19.6. The molecular weight excluding hydrogens is 407 g/mol. The zero-order valence-electron chi connectivity index (χ0n) is 19.6. The average molecular weight is 443 g/mol. The number of benzene rings is 2. The number of ether oxygens (including phenoxy) is 1. The van der Waals surface area contributed by atoms with E-state index in [-0.39, 0.29) is 30.6 Å². The Labute approximate surface area is 191 Å². The molecule has 2 amide bonds. The quantitative estimate of drug-likeness (QED) is 0.477. The van der Waals surface area contributed by atoms with Gasteiger partial charge in [0.05, 0.1) is 6.61 Å². The van der Waals surface area contributed by atoms with Crippen molar-refractivity contribution in [1.82, 2.24) is 10.2 Å². The first-order valence-electron chi connectivity index (χ1n) is 11.3. The third kappa shape index (κ3) is 8.33. The number of carbonyl (C=O) groups excluding carboxylic acids is 2. The lowest BCUT2D eigenvalue weighted by Gasteiger charge is -2.31. The van der Waals surface area contributed by atoms with Crippen LogP contribution < -0.4 is 10.1 Å². The van der Waals surface area contributed by atoms with Crippen molar-refractivity contribution >= 4 is 11.8 Å². The molecule has 0 aromatic heterocycles. The SMILES string of the molecule is CC[C@H](C(=O)NCC(C)C)N(Cc1ccc(F)cc1)C(=O)CCCOc1ccc(C)cc1. The largest absolute Gasteiger partial charge is 0.494 e. The second-order valence-corrected chi connectivity index (χ2v) is 8.48. The number of rotatable bonds is 12. The van der Waals surface area contributed by atoms with Crippen molar-refractivity contribution in [3.05, 3.63) is 65.5 Å². The van der Waals surface area contributed by atoms with Crippen LogP contribution >= 0.6 is 0 Å². The maximum Gasteiger partial charge on any atom is 0.242 e. The zero-order chi connectivity index (χ0) is 23.5. The number of carbonyl (C=O) groups is 2. The van der Waals surface area contributed by atoms with E-state index in [1.807, 2.05) is 52.0 Å². The molecule has 0 aliphatic heterocycles. The van der Waals surface area contributed by atoms with E-state index < -0.39 is 6.04 Å². The van der Waals surface area contributed by atoms with Gasteiger partial charge in [0.25, 0.3) is 0 Å². The van der Waals surface area contributed by atoms with E-state index in [0.717, 1.165) is 16.9 Å². The van der Waals surface area contributed by atoms with Crippen LogP contribution in [0.5, 0.6) is 5.75 Å². The van der Waals surface area contributed by atoms with Gasteiger partial charge in [-0.1, -0.05) is 50.6 Å². The van der Waals surface area contributed by atoms with Crippen molar-refractivity contribution in [2.45, 2.75) is 59.5 Å². The molecule has 0 radical (unpaired) electrons. The van der Waals surface area contributed by atoms with Crippen LogP contribution in [0.4, 0.5) is 4.39 Å². The van der Waals surface area contributed by atoms with Crippen LogP contribution in [0.2, 0.25) is 0 Å². The van der Waals surface area contributed by atoms with Gasteiger partial charge in [-0.05, 0) is 55.5 Å². The van der Waals surface area contributed by atoms with E-state index in [1.54, 1.807) is 17.0 Å². The summed E-state index contributed by atoms with van der Waals surface area (Å²) in [7, 11) is 0. The minimum Gasteiger partial charge on any atom is -0.494 e. The van der Waals surface area contributed by atoms with Gasteiger partial charge < -0.3 is 15.0 Å². The van der Waals surface area contributed by atoms with Gasteiger partial charge >= 0.3 is 0 Å². The summed E-state index contributed by atoms with van der Waals surface area (Å²) in [6.07, 6.45) is 1.30. The van der Waals surface area contributed by atoms with Gasteiger partial charge in [0, 0.05) is 19.5 Å². The Morgan fingerprint density at radius 3 is 2.31 bits per heavy atom. The molecule has 0 aliphatic carbocycles. The van der Waals surface area contributed by atoms with E-state index in [4.69, 9.17) is 4.74 Å². The van der Waals surface area contributed by atoms with Gasteiger partial charge in [0.1, 0.15) is 17.6 Å². The van der Waals surface area contributed by atoms with E-state index in [2.05, 4.69) is 5.32 Å². The molecule has 1 atom stereocenters. The van der Waals surface area contributed by atoms with Gasteiger partial charge in [-0.25, -0.2) is 4.39 Å². The summed E-state index contributed by atoms with van der Waals surface area (Å²) in [6.45, 7) is 9.18.